The van der Waals surface area contributed by atoms with E-state index >= 15 is 0 Å². The van der Waals surface area contributed by atoms with Crippen molar-refractivity contribution in [2.45, 2.75) is 46.1 Å². The molecule has 0 bridgehead atoms. The first kappa shape index (κ1) is 21.1. The van der Waals surface area contributed by atoms with E-state index in [1.165, 1.54) is 0 Å². The summed E-state index contributed by atoms with van der Waals surface area (Å²) in [5, 5.41) is 23.3. The Morgan fingerprint density at radius 2 is 1.62 bits per heavy atom. The Morgan fingerprint density at radius 3 is 2.24 bits per heavy atom. The fourth-order valence-electron chi connectivity index (χ4n) is 3.54. The third-order valence-corrected chi connectivity index (χ3v) is 5.37. The summed E-state index contributed by atoms with van der Waals surface area (Å²) in [7, 11) is 0. The Balaban J connectivity index is 2.25. The molecule has 3 heteroatoms. The van der Waals surface area contributed by atoms with Gasteiger partial charge in [0.05, 0.1) is 18.4 Å². The van der Waals surface area contributed by atoms with E-state index in [2.05, 4.69) is 45.0 Å². The second-order valence-electron chi connectivity index (χ2n) is 8.99. The molecule has 0 amide bonds. The van der Waals surface area contributed by atoms with Crippen LogP contribution in [0.1, 0.15) is 51.3 Å². The molecule has 152 valence electrons. The van der Waals surface area contributed by atoms with E-state index in [4.69, 9.17) is 4.99 Å². The maximum absolute atomic E-state index is 11.2. The van der Waals surface area contributed by atoms with Gasteiger partial charge in [0.15, 0.2) is 0 Å². The molecule has 0 fully saturated rings. The molecule has 0 saturated carbocycles. The van der Waals surface area contributed by atoms with E-state index in [0.717, 1.165) is 21.9 Å². The van der Waals surface area contributed by atoms with Crippen LogP contribution in [0.2, 0.25) is 0 Å². The van der Waals surface area contributed by atoms with Crippen LogP contribution >= 0.6 is 0 Å². The lowest BCUT2D eigenvalue weighted by Crippen LogP contribution is -2.21. The van der Waals surface area contributed by atoms with Crippen LogP contribution in [0.3, 0.4) is 0 Å². The van der Waals surface area contributed by atoms with Gasteiger partial charge < -0.3 is 10.2 Å². The van der Waals surface area contributed by atoms with Crippen LogP contribution in [0.5, 0.6) is 5.75 Å². The van der Waals surface area contributed by atoms with Crippen LogP contribution in [0, 0.1) is 5.92 Å². The quantitative estimate of drug-likeness (QED) is 0.550. The van der Waals surface area contributed by atoms with Gasteiger partial charge in [-0.15, -0.1) is 0 Å². The summed E-state index contributed by atoms with van der Waals surface area (Å²) in [5.74, 6) is 0.441. The fraction of sp³-hybridized carbons (Fsp3) is 0.346. The van der Waals surface area contributed by atoms with E-state index in [-0.39, 0.29) is 29.7 Å². The Bertz CT molecular complexity index is 1030. The topological polar surface area (TPSA) is 52.8 Å². The van der Waals surface area contributed by atoms with Crippen molar-refractivity contribution in [1.29, 1.82) is 0 Å². The summed E-state index contributed by atoms with van der Waals surface area (Å²) in [6.45, 7) is 10.3. The average Bonchev–Trinajstić information content (AvgIpc) is 2.68. The molecular formula is C26H31NO2. The normalized spacial score (nSPS) is 13.8. The van der Waals surface area contributed by atoms with Gasteiger partial charge in [0.1, 0.15) is 5.75 Å². The van der Waals surface area contributed by atoms with Gasteiger partial charge in [-0.05, 0) is 39.8 Å². The average molecular weight is 390 g/mol. The highest BCUT2D eigenvalue weighted by molar-refractivity contribution is 6.16. The van der Waals surface area contributed by atoms with Gasteiger partial charge in [0.25, 0.3) is 0 Å². The van der Waals surface area contributed by atoms with Crippen molar-refractivity contribution in [2.24, 2.45) is 10.9 Å². The smallest absolute Gasteiger partial charge is 0.128 e. The Hall–Kier alpha value is -2.65. The predicted octanol–water partition coefficient (Wildman–Crippen LogP) is 5.70. The molecule has 3 aromatic carbocycles. The van der Waals surface area contributed by atoms with Crippen LogP contribution in [0.4, 0.5) is 0 Å². The summed E-state index contributed by atoms with van der Waals surface area (Å²) < 4.78 is 0. The van der Waals surface area contributed by atoms with Crippen LogP contribution in [0.25, 0.3) is 10.8 Å². The first-order valence-corrected chi connectivity index (χ1v) is 10.2. The van der Waals surface area contributed by atoms with Crippen LogP contribution < -0.4 is 0 Å². The van der Waals surface area contributed by atoms with E-state index in [9.17, 15) is 10.2 Å². The fourth-order valence-corrected chi connectivity index (χ4v) is 3.54. The van der Waals surface area contributed by atoms with Gasteiger partial charge in [-0.2, -0.15) is 0 Å². The maximum atomic E-state index is 11.2. The van der Waals surface area contributed by atoms with Crippen molar-refractivity contribution in [3.63, 3.8) is 0 Å². The molecule has 0 aromatic heterocycles. The Kier molecular flexibility index (Phi) is 6.09. The lowest BCUT2D eigenvalue weighted by Gasteiger charge is -2.23. The summed E-state index contributed by atoms with van der Waals surface area (Å²) in [6, 6.07) is 20.0. The molecule has 0 aliphatic heterocycles. The third-order valence-electron chi connectivity index (χ3n) is 5.37. The zero-order valence-corrected chi connectivity index (χ0v) is 18.0. The second kappa shape index (κ2) is 8.38. The summed E-state index contributed by atoms with van der Waals surface area (Å²) in [6.07, 6.45) is 0. The number of aliphatic hydroxyl groups excluding tert-OH is 1. The van der Waals surface area contributed by atoms with E-state index in [0.29, 0.717) is 11.3 Å². The van der Waals surface area contributed by atoms with E-state index in [1.54, 1.807) is 0 Å². The number of hydrogen-bond donors (Lipinski definition) is 2. The molecule has 0 saturated heterocycles. The van der Waals surface area contributed by atoms with Gasteiger partial charge in [-0.3, -0.25) is 4.99 Å². The lowest BCUT2D eigenvalue weighted by atomic mass is 9.84. The SMILES string of the molecule is CC(C)[C@@H](CO)N=C(c1ccc2ccccc2c1)c1cccc(C(C)(C)C)c1O. The molecule has 29 heavy (non-hydrogen) atoms. The third kappa shape index (κ3) is 4.51. The number of benzene rings is 3. The summed E-state index contributed by atoms with van der Waals surface area (Å²) in [4.78, 5) is 4.93. The number of rotatable bonds is 5. The zero-order valence-electron chi connectivity index (χ0n) is 18.0. The molecule has 0 unspecified atom stereocenters. The number of para-hydroxylation sites is 1. The minimum atomic E-state index is -0.242. The lowest BCUT2D eigenvalue weighted by molar-refractivity contribution is 0.240. The van der Waals surface area contributed by atoms with Crippen molar-refractivity contribution < 1.29 is 10.2 Å². The first-order chi connectivity index (χ1) is 13.7. The van der Waals surface area contributed by atoms with Crippen molar-refractivity contribution in [1.82, 2.24) is 0 Å². The highest BCUT2D eigenvalue weighted by atomic mass is 16.3. The molecule has 0 aliphatic carbocycles. The minimum absolute atomic E-state index is 0.0333. The van der Waals surface area contributed by atoms with Crippen LogP contribution in [-0.4, -0.2) is 28.6 Å². The van der Waals surface area contributed by atoms with Gasteiger partial charge in [0, 0.05) is 11.1 Å². The van der Waals surface area contributed by atoms with Crippen molar-refractivity contribution in [3.05, 3.63) is 77.4 Å². The number of aliphatic hydroxyl groups is 1. The highest BCUT2D eigenvalue weighted by Gasteiger charge is 2.23. The molecule has 0 spiro atoms. The number of aliphatic imine (C=N–C) groups is 1. The van der Waals surface area contributed by atoms with Crippen molar-refractivity contribution in [3.8, 4) is 5.75 Å². The second-order valence-corrected chi connectivity index (χ2v) is 8.99. The standard InChI is InChI=1S/C26H31NO2/c1-17(2)23(16-28)27-24(20-14-13-18-9-6-7-10-19(18)15-20)21-11-8-12-22(25(21)29)26(3,4)5/h6-15,17,23,28-29H,16H2,1-5H3/t23-/m1/s1. The number of hydrogen-bond acceptors (Lipinski definition) is 3. The van der Waals surface area contributed by atoms with Gasteiger partial charge in [-0.1, -0.05) is 83.1 Å². The molecule has 1 atom stereocenters. The molecule has 0 heterocycles. The zero-order chi connectivity index (χ0) is 21.2. The highest BCUT2D eigenvalue weighted by Crippen LogP contribution is 2.35. The number of phenolic OH excluding ortho intramolecular Hbond substituents is 1. The number of nitrogens with zero attached hydrogens (tertiary/aromatic N) is 1. The predicted molar refractivity (Wildman–Crippen MR) is 122 cm³/mol. The van der Waals surface area contributed by atoms with Crippen molar-refractivity contribution >= 4 is 16.5 Å². The molecule has 0 radical (unpaired) electrons. The number of phenols is 1. The minimum Gasteiger partial charge on any atom is -0.507 e. The maximum Gasteiger partial charge on any atom is 0.128 e. The largest absolute Gasteiger partial charge is 0.507 e. The van der Waals surface area contributed by atoms with Gasteiger partial charge in [-0.25, -0.2) is 0 Å². The molecule has 3 nitrogen and oxygen atoms in total. The molecule has 3 aromatic rings. The van der Waals surface area contributed by atoms with Crippen LogP contribution in [0.15, 0.2) is 65.7 Å². The number of fused-ring (bicyclic) bond motifs is 1. The summed E-state index contributed by atoms with van der Waals surface area (Å²) in [5.41, 5.74) is 3.04. The molecular weight excluding hydrogens is 358 g/mol. The Labute approximate surface area is 173 Å². The summed E-state index contributed by atoms with van der Waals surface area (Å²) >= 11 is 0. The van der Waals surface area contributed by atoms with Crippen molar-refractivity contribution in [2.75, 3.05) is 6.61 Å². The van der Waals surface area contributed by atoms with Gasteiger partial charge in [0.2, 0.25) is 0 Å². The number of aromatic hydroxyl groups is 1. The Morgan fingerprint density at radius 1 is 0.931 bits per heavy atom. The monoisotopic (exact) mass is 389 g/mol. The van der Waals surface area contributed by atoms with E-state index in [1.807, 2.05) is 50.2 Å². The molecule has 0 aliphatic rings. The molecule has 2 N–H and O–H groups in total. The first-order valence-electron chi connectivity index (χ1n) is 10.2. The van der Waals surface area contributed by atoms with Gasteiger partial charge >= 0.3 is 0 Å². The van der Waals surface area contributed by atoms with E-state index < -0.39 is 0 Å². The van der Waals surface area contributed by atoms with Crippen LogP contribution in [-0.2, 0) is 5.41 Å². The molecule has 3 rings (SSSR count).